The van der Waals surface area contributed by atoms with Gasteiger partial charge in [0.25, 0.3) is 0 Å². The van der Waals surface area contributed by atoms with Gasteiger partial charge in [0.2, 0.25) is 5.91 Å². The smallest absolute Gasteiger partial charge is 0.249 e. The molecule has 0 saturated heterocycles. The van der Waals surface area contributed by atoms with Gasteiger partial charge >= 0.3 is 0 Å². The molecule has 2 aromatic carbocycles. The molecule has 0 saturated carbocycles. The first-order chi connectivity index (χ1) is 11.2. The summed E-state index contributed by atoms with van der Waals surface area (Å²) in [6, 6.07) is 16.0. The lowest BCUT2D eigenvalue weighted by molar-refractivity contribution is -0.129. The monoisotopic (exact) mass is 308 g/mol. The van der Waals surface area contributed by atoms with E-state index in [-0.39, 0.29) is 11.9 Å². The number of carbonyl (C=O) groups is 1. The first-order valence-corrected chi connectivity index (χ1v) is 8.30. The number of nitrogens with one attached hydrogen (secondary N) is 1. The summed E-state index contributed by atoms with van der Waals surface area (Å²) in [5.41, 5.74) is 4.91. The highest BCUT2D eigenvalue weighted by Gasteiger charge is 2.23. The second-order valence-electron chi connectivity index (χ2n) is 6.37. The molecule has 1 amide bonds. The van der Waals surface area contributed by atoms with Crippen LogP contribution < -0.4 is 5.32 Å². The van der Waals surface area contributed by atoms with Crippen LogP contribution in [0, 0.1) is 0 Å². The van der Waals surface area contributed by atoms with Crippen LogP contribution in [0.2, 0.25) is 0 Å². The van der Waals surface area contributed by atoms with E-state index in [1.54, 1.807) is 19.0 Å². The number of hydrogen-bond donors (Lipinski definition) is 1. The molecule has 0 heterocycles. The van der Waals surface area contributed by atoms with Gasteiger partial charge in [0, 0.05) is 19.8 Å². The molecule has 3 nitrogen and oxygen atoms in total. The third-order valence-corrected chi connectivity index (χ3v) is 4.52. The zero-order chi connectivity index (χ0) is 16.2. The molecule has 3 rings (SSSR count). The van der Waals surface area contributed by atoms with Crippen LogP contribution >= 0.6 is 0 Å². The number of amides is 1. The lowest BCUT2D eigenvalue weighted by Crippen LogP contribution is -2.33. The van der Waals surface area contributed by atoms with E-state index in [0.717, 1.165) is 24.1 Å². The number of hydrogen-bond acceptors (Lipinski definition) is 2. The maximum atomic E-state index is 12.7. The Balaban J connectivity index is 1.95. The van der Waals surface area contributed by atoms with Crippen molar-refractivity contribution < 1.29 is 4.79 Å². The molecule has 0 fully saturated rings. The SMILES string of the molecule is CN(C)C(=O)[C@@H](Nc1cccc2c1CCCC2)c1ccccc1. The molecule has 1 aliphatic rings. The molecule has 3 heteroatoms. The van der Waals surface area contributed by atoms with Crippen molar-refractivity contribution in [3.05, 3.63) is 65.2 Å². The van der Waals surface area contributed by atoms with Crippen molar-refractivity contribution in [1.82, 2.24) is 4.90 Å². The Morgan fingerprint density at radius 1 is 1.00 bits per heavy atom. The highest BCUT2D eigenvalue weighted by atomic mass is 16.2. The van der Waals surface area contributed by atoms with Crippen molar-refractivity contribution in [1.29, 1.82) is 0 Å². The van der Waals surface area contributed by atoms with Crippen molar-refractivity contribution in [3.8, 4) is 0 Å². The van der Waals surface area contributed by atoms with Gasteiger partial charge in [-0.25, -0.2) is 0 Å². The number of rotatable bonds is 4. The quantitative estimate of drug-likeness (QED) is 0.931. The highest BCUT2D eigenvalue weighted by molar-refractivity contribution is 5.86. The molecular weight excluding hydrogens is 284 g/mol. The van der Waals surface area contributed by atoms with E-state index in [0.29, 0.717) is 0 Å². The lowest BCUT2D eigenvalue weighted by atomic mass is 9.90. The predicted molar refractivity (Wildman–Crippen MR) is 94.6 cm³/mol. The second kappa shape index (κ2) is 6.86. The summed E-state index contributed by atoms with van der Waals surface area (Å²) in [5.74, 6) is 0.0737. The third kappa shape index (κ3) is 3.39. The molecule has 0 aliphatic heterocycles. The average molecular weight is 308 g/mol. The Hall–Kier alpha value is -2.29. The van der Waals surface area contributed by atoms with Crippen molar-refractivity contribution in [2.24, 2.45) is 0 Å². The Labute approximate surface area is 138 Å². The number of aryl methyl sites for hydroxylation is 1. The summed E-state index contributed by atoms with van der Waals surface area (Å²) in [7, 11) is 3.61. The topological polar surface area (TPSA) is 32.3 Å². The van der Waals surface area contributed by atoms with Gasteiger partial charge < -0.3 is 10.2 Å². The summed E-state index contributed by atoms with van der Waals surface area (Å²) >= 11 is 0. The van der Waals surface area contributed by atoms with E-state index in [4.69, 9.17) is 0 Å². The Morgan fingerprint density at radius 3 is 2.48 bits per heavy atom. The summed E-state index contributed by atoms with van der Waals surface area (Å²) < 4.78 is 0. The van der Waals surface area contributed by atoms with Gasteiger partial charge in [-0.05, 0) is 48.4 Å². The van der Waals surface area contributed by atoms with Gasteiger partial charge in [-0.1, -0.05) is 42.5 Å². The van der Waals surface area contributed by atoms with Gasteiger partial charge in [0.1, 0.15) is 6.04 Å². The van der Waals surface area contributed by atoms with Crippen molar-refractivity contribution in [3.63, 3.8) is 0 Å². The Morgan fingerprint density at radius 2 is 1.74 bits per heavy atom. The average Bonchev–Trinajstić information content (AvgIpc) is 2.60. The minimum absolute atomic E-state index is 0.0737. The van der Waals surface area contributed by atoms with Crippen LogP contribution in [0.25, 0.3) is 0 Å². The van der Waals surface area contributed by atoms with Gasteiger partial charge in [-0.15, -0.1) is 0 Å². The molecule has 23 heavy (non-hydrogen) atoms. The Kier molecular flexibility index (Phi) is 4.65. The molecule has 120 valence electrons. The molecule has 1 aliphatic carbocycles. The largest absolute Gasteiger partial charge is 0.370 e. The predicted octanol–water partition coefficient (Wildman–Crippen LogP) is 3.81. The maximum absolute atomic E-state index is 12.7. The fourth-order valence-electron chi connectivity index (χ4n) is 3.26. The second-order valence-corrected chi connectivity index (χ2v) is 6.37. The van der Waals surface area contributed by atoms with E-state index in [1.165, 1.54) is 24.0 Å². The molecule has 1 N–H and O–H groups in total. The van der Waals surface area contributed by atoms with Crippen LogP contribution in [0.1, 0.15) is 35.6 Å². The van der Waals surface area contributed by atoms with E-state index >= 15 is 0 Å². The number of nitrogens with zero attached hydrogens (tertiary/aromatic N) is 1. The van der Waals surface area contributed by atoms with Gasteiger partial charge in [-0.2, -0.15) is 0 Å². The van der Waals surface area contributed by atoms with Crippen molar-refractivity contribution in [2.45, 2.75) is 31.7 Å². The lowest BCUT2D eigenvalue weighted by Gasteiger charge is -2.26. The minimum atomic E-state index is -0.348. The van der Waals surface area contributed by atoms with Crippen molar-refractivity contribution in [2.75, 3.05) is 19.4 Å². The molecule has 2 aromatic rings. The molecule has 0 unspecified atom stereocenters. The summed E-state index contributed by atoms with van der Waals surface area (Å²) in [6.07, 6.45) is 4.72. The van der Waals surface area contributed by atoms with Crippen LogP contribution in [-0.4, -0.2) is 24.9 Å². The molecule has 0 aromatic heterocycles. The summed E-state index contributed by atoms with van der Waals surface area (Å²) in [4.78, 5) is 14.3. The molecule has 0 bridgehead atoms. The molecular formula is C20H24N2O. The first kappa shape index (κ1) is 15.6. The highest BCUT2D eigenvalue weighted by Crippen LogP contribution is 2.30. The number of benzene rings is 2. The zero-order valence-electron chi connectivity index (χ0n) is 13.9. The summed E-state index contributed by atoms with van der Waals surface area (Å²) in [6.45, 7) is 0. The molecule has 0 spiro atoms. The third-order valence-electron chi connectivity index (χ3n) is 4.52. The minimum Gasteiger partial charge on any atom is -0.370 e. The van der Waals surface area contributed by atoms with Crippen LogP contribution in [0.15, 0.2) is 48.5 Å². The number of anilines is 1. The van der Waals surface area contributed by atoms with E-state index in [2.05, 4.69) is 23.5 Å². The van der Waals surface area contributed by atoms with Crippen LogP contribution in [0.3, 0.4) is 0 Å². The Bertz CT molecular complexity index is 679. The van der Waals surface area contributed by atoms with Crippen LogP contribution in [0.4, 0.5) is 5.69 Å². The van der Waals surface area contributed by atoms with E-state index < -0.39 is 0 Å². The fourth-order valence-corrected chi connectivity index (χ4v) is 3.26. The maximum Gasteiger partial charge on any atom is 0.249 e. The first-order valence-electron chi connectivity index (χ1n) is 8.30. The number of carbonyl (C=O) groups excluding carboxylic acids is 1. The standard InChI is InChI=1S/C20H24N2O/c1-22(2)20(23)19(16-10-4-3-5-11-16)21-18-14-8-12-15-9-6-7-13-17(15)18/h3-5,8,10-12,14,19,21H,6-7,9,13H2,1-2H3/t19-/m0/s1. The van der Waals surface area contributed by atoms with Gasteiger partial charge in [-0.3, -0.25) is 4.79 Å². The summed E-state index contributed by atoms with van der Waals surface area (Å²) in [5, 5.41) is 3.51. The zero-order valence-corrected chi connectivity index (χ0v) is 13.9. The molecule has 0 radical (unpaired) electrons. The van der Waals surface area contributed by atoms with Crippen LogP contribution in [-0.2, 0) is 17.6 Å². The van der Waals surface area contributed by atoms with E-state index in [1.807, 2.05) is 30.3 Å². The van der Waals surface area contributed by atoms with Gasteiger partial charge in [0.05, 0.1) is 0 Å². The molecule has 1 atom stereocenters. The van der Waals surface area contributed by atoms with Crippen molar-refractivity contribution >= 4 is 11.6 Å². The van der Waals surface area contributed by atoms with Gasteiger partial charge in [0.15, 0.2) is 0 Å². The number of likely N-dealkylation sites (N-methyl/N-ethyl adjacent to an activating group) is 1. The van der Waals surface area contributed by atoms with E-state index in [9.17, 15) is 4.79 Å². The normalized spacial score (nSPS) is 14.7. The van der Waals surface area contributed by atoms with Crippen LogP contribution in [0.5, 0.6) is 0 Å². The number of fused-ring (bicyclic) bond motifs is 1. The fraction of sp³-hybridized carbons (Fsp3) is 0.350.